The zero-order valence-electron chi connectivity index (χ0n) is 10.5. The zero-order chi connectivity index (χ0) is 12.7. The van der Waals surface area contributed by atoms with E-state index in [9.17, 15) is 0 Å². The molecule has 0 aliphatic carbocycles. The third-order valence-corrected chi connectivity index (χ3v) is 2.05. The molecule has 0 aromatic carbocycles. The van der Waals surface area contributed by atoms with Gasteiger partial charge in [0.25, 0.3) is 0 Å². The van der Waals surface area contributed by atoms with Crippen LogP contribution in [-0.4, -0.2) is 23.1 Å². The molecule has 1 heterocycles. The summed E-state index contributed by atoms with van der Waals surface area (Å²) in [5.41, 5.74) is 6.68. The number of rotatable bonds is 7. The van der Waals surface area contributed by atoms with Crippen LogP contribution in [0.25, 0.3) is 0 Å². The maximum absolute atomic E-state index is 5.60. The van der Waals surface area contributed by atoms with Crippen molar-refractivity contribution in [2.24, 2.45) is 0 Å². The number of ether oxygens (including phenoxy) is 1. The first-order valence-electron chi connectivity index (χ1n) is 5.77. The number of hydrogen-bond donors (Lipinski definition) is 2. The van der Waals surface area contributed by atoms with E-state index in [0.29, 0.717) is 18.3 Å². The van der Waals surface area contributed by atoms with Gasteiger partial charge in [0.2, 0.25) is 11.8 Å². The first kappa shape index (κ1) is 13.3. The molecular formula is C12H20N4O. The average Bonchev–Trinajstić information content (AvgIpc) is 2.25. The topological polar surface area (TPSA) is 73.1 Å². The second kappa shape index (κ2) is 6.73. The number of nitrogens with one attached hydrogen (secondary N) is 1. The quantitative estimate of drug-likeness (QED) is 0.710. The lowest BCUT2D eigenvalue weighted by Gasteiger charge is -2.08. The summed E-state index contributed by atoms with van der Waals surface area (Å²) >= 11 is 0. The van der Waals surface area contributed by atoms with Crippen molar-refractivity contribution in [3.05, 3.63) is 18.2 Å². The fourth-order valence-electron chi connectivity index (χ4n) is 1.19. The van der Waals surface area contributed by atoms with E-state index in [0.717, 1.165) is 25.0 Å². The summed E-state index contributed by atoms with van der Waals surface area (Å²) in [5.74, 6) is 1.42. The van der Waals surface area contributed by atoms with Crippen molar-refractivity contribution in [1.29, 1.82) is 0 Å². The summed E-state index contributed by atoms with van der Waals surface area (Å²) in [5, 5.41) is 3.15. The van der Waals surface area contributed by atoms with Gasteiger partial charge in [-0.25, -0.2) is 0 Å². The summed E-state index contributed by atoms with van der Waals surface area (Å²) in [6, 6.07) is 1.75. The minimum Gasteiger partial charge on any atom is -0.477 e. The molecule has 0 fully saturated rings. The summed E-state index contributed by atoms with van der Waals surface area (Å²) in [6.45, 7) is 9.26. The Morgan fingerprint density at radius 2 is 2.29 bits per heavy atom. The minimum absolute atomic E-state index is 0.219. The van der Waals surface area contributed by atoms with Gasteiger partial charge in [-0.1, -0.05) is 12.5 Å². The molecule has 0 spiro atoms. The largest absolute Gasteiger partial charge is 0.477 e. The molecule has 1 rings (SSSR count). The molecule has 5 nitrogen and oxygen atoms in total. The molecule has 0 aliphatic heterocycles. The Hall–Kier alpha value is -1.78. The van der Waals surface area contributed by atoms with Crippen molar-refractivity contribution in [1.82, 2.24) is 9.97 Å². The lowest BCUT2D eigenvalue weighted by molar-refractivity contribution is 0.309. The van der Waals surface area contributed by atoms with E-state index in [1.54, 1.807) is 6.07 Å². The number of hydrogen-bond acceptors (Lipinski definition) is 5. The zero-order valence-corrected chi connectivity index (χ0v) is 10.5. The van der Waals surface area contributed by atoms with Gasteiger partial charge in [0, 0.05) is 19.0 Å². The van der Waals surface area contributed by atoms with Crippen molar-refractivity contribution < 1.29 is 4.74 Å². The molecular weight excluding hydrogens is 216 g/mol. The fourth-order valence-corrected chi connectivity index (χ4v) is 1.19. The fraction of sp³-hybridized carbons (Fsp3) is 0.500. The third kappa shape index (κ3) is 5.19. The molecule has 94 valence electrons. The number of aromatic nitrogens is 2. The molecule has 0 amide bonds. The highest BCUT2D eigenvalue weighted by atomic mass is 16.5. The first-order chi connectivity index (χ1) is 8.11. The van der Waals surface area contributed by atoms with Crippen molar-refractivity contribution >= 4 is 11.8 Å². The molecule has 0 bridgehead atoms. The van der Waals surface area contributed by atoms with Crippen LogP contribution in [0, 0.1) is 0 Å². The SMILES string of the molecule is C=C(C)CCOc1cc(NCCC)nc(N)n1. The molecule has 1 aromatic rings. The standard InChI is InChI=1S/C12H20N4O/c1-4-6-14-10-8-11(16-12(13)15-10)17-7-5-9(2)3/h8H,2,4-7H2,1,3H3,(H3,13,14,15,16). The van der Waals surface area contributed by atoms with E-state index in [1.807, 2.05) is 6.92 Å². The number of nitrogens with zero attached hydrogens (tertiary/aromatic N) is 2. The monoisotopic (exact) mass is 236 g/mol. The smallest absolute Gasteiger partial charge is 0.225 e. The minimum atomic E-state index is 0.219. The van der Waals surface area contributed by atoms with Crippen LogP contribution in [0.3, 0.4) is 0 Å². The Morgan fingerprint density at radius 3 is 2.94 bits per heavy atom. The van der Waals surface area contributed by atoms with Crippen LogP contribution in [0.15, 0.2) is 18.2 Å². The molecule has 0 radical (unpaired) electrons. The summed E-state index contributed by atoms with van der Waals surface area (Å²) in [6.07, 6.45) is 1.83. The van der Waals surface area contributed by atoms with Crippen LogP contribution in [0.1, 0.15) is 26.7 Å². The van der Waals surface area contributed by atoms with Crippen molar-refractivity contribution in [2.45, 2.75) is 26.7 Å². The first-order valence-corrected chi connectivity index (χ1v) is 5.77. The van der Waals surface area contributed by atoms with E-state index in [1.165, 1.54) is 0 Å². The Bertz CT molecular complexity index is 379. The lowest BCUT2D eigenvalue weighted by Crippen LogP contribution is -2.07. The Morgan fingerprint density at radius 1 is 1.53 bits per heavy atom. The van der Waals surface area contributed by atoms with Crippen LogP contribution in [0.5, 0.6) is 5.88 Å². The molecule has 3 N–H and O–H groups in total. The average molecular weight is 236 g/mol. The summed E-state index contributed by atoms with van der Waals surface area (Å²) < 4.78 is 5.49. The summed E-state index contributed by atoms with van der Waals surface area (Å²) in [4.78, 5) is 8.09. The molecule has 5 heteroatoms. The predicted molar refractivity (Wildman–Crippen MR) is 70.2 cm³/mol. The van der Waals surface area contributed by atoms with E-state index >= 15 is 0 Å². The maximum atomic E-state index is 5.60. The second-order valence-corrected chi connectivity index (χ2v) is 3.93. The van der Waals surface area contributed by atoms with Gasteiger partial charge in [0.05, 0.1) is 6.61 Å². The highest BCUT2D eigenvalue weighted by Gasteiger charge is 2.02. The highest BCUT2D eigenvalue weighted by Crippen LogP contribution is 2.15. The van der Waals surface area contributed by atoms with Crippen LogP contribution in [-0.2, 0) is 0 Å². The van der Waals surface area contributed by atoms with Crippen LogP contribution in [0.4, 0.5) is 11.8 Å². The number of anilines is 2. The van der Waals surface area contributed by atoms with Gasteiger partial charge >= 0.3 is 0 Å². The Kier molecular flexibility index (Phi) is 5.26. The maximum Gasteiger partial charge on any atom is 0.225 e. The van der Waals surface area contributed by atoms with Crippen molar-refractivity contribution in [2.75, 3.05) is 24.2 Å². The van der Waals surface area contributed by atoms with E-state index in [4.69, 9.17) is 10.5 Å². The second-order valence-electron chi connectivity index (χ2n) is 3.93. The lowest BCUT2D eigenvalue weighted by atomic mass is 10.3. The van der Waals surface area contributed by atoms with Crippen LogP contribution >= 0.6 is 0 Å². The van der Waals surface area contributed by atoms with Crippen LogP contribution in [0.2, 0.25) is 0 Å². The van der Waals surface area contributed by atoms with Gasteiger partial charge in [-0.3, -0.25) is 0 Å². The van der Waals surface area contributed by atoms with E-state index in [-0.39, 0.29) is 5.95 Å². The molecule has 0 atom stereocenters. The molecule has 17 heavy (non-hydrogen) atoms. The predicted octanol–water partition coefficient (Wildman–Crippen LogP) is 2.23. The van der Waals surface area contributed by atoms with Gasteiger partial charge in [0.1, 0.15) is 5.82 Å². The van der Waals surface area contributed by atoms with Crippen LogP contribution < -0.4 is 15.8 Å². The number of nitrogen functional groups attached to an aromatic ring is 1. The van der Waals surface area contributed by atoms with Gasteiger partial charge in [-0.15, -0.1) is 6.58 Å². The molecule has 0 unspecified atom stereocenters. The third-order valence-electron chi connectivity index (χ3n) is 2.05. The van der Waals surface area contributed by atoms with Gasteiger partial charge in [0.15, 0.2) is 0 Å². The molecule has 0 saturated carbocycles. The summed E-state index contributed by atoms with van der Waals surface area (Å²) in [7, 11) is 0. The highest BCUT2D eigenvalue weighted by molar-refractivity contribution is 5.42. The Balaban J connectivity index is 2.58. The van der Waals surface area contributed by atoms with Crippen molar-refractivity contribution in [3.63, 3.8) is 0 Å². The van der Waals surface area contributed by atoms with Gasteiger partial charge in [-0.2, -0.15) is 9.97 Å². The molecule has 1 aromatic heterocycles. The normalized spacial score (nSPS) is 10.0. The molecule has 0 aliphatic rings. The van der Waals surface area contributed by atoms with E-state index < -0.39 is 0 Å². The number of nitrogens with two attached hydrogens (primary N) is 1. The van der Waals surface area contributed by atoms with Crippen molar-refractivity contribution in [3.8, 4) is 5.88 Å². The van der Waals surface area contributed by atoms with Gasteiger partial charge in [-0.05, 0) is 13.3 Å². The van der Waals surface area contributed by atoms with E-state index in [2.05, 4.69) is 28.8 Å². The van der Waals surface area contributed by atoms with Gasteiger partial charge < -0.3 is 15.8 Å². The Labute approximate surface area is 102 Å². The molecule has 0 saturated heterocycles.